The van der Waals surface area contributed by atoms with E-state index in [4.69, 9.17) is 9.73 Å². The van der Waals surface area contributed by atoms with Gasteiger partial charge in [-0.05, 0) is 39.0 Å². The summed E-state index contributed by atoms with van der Waals surface area (Å²) in [5.41, 5.74) is 0.341. The van der Waals surface area contributed by atoms with Crippen LogP contribution in [-0.2, 0) is 9.53 Å². The van der Waals surface area contributed by atoms with Gasteiger partial charge in [-0.2, -0.15) is 0 Å². The van der Waals surface area contributed by atoms with Crippen LogP contribution in [0.25, 0.3) is 0 Å². The summed E-state index contributed by atoms with van der Waals surface area (Å²) >= 11 is 0. The number of carbonyl (C=O) groups excluding carboxylic acids is 1. The standard InChI is InChI=1S/C22H39N5O2/c1-4-23-21(24-16-7-12-27(13-8-16)15-18(28)26(2)3)25-19-17-9-14-29-20(17)22(19)10-5-6-11-22/h16-17,19-20H,4-15H2,1-3H3,(H2,23,24,25). The zero-order valence-electron chi connectivity index (χ0n) is 18.5. The summed E-state index contributed by atoms with van der Waals surface area (Å²) in [5.74, 6) is 1.82. The highest BCUT2D eigenvalue weighted by atomic mass is 16.5. The molecule has 4 fully saturated rings. The molecule has 1 spiro atoms. The van der Waals surface area contributed by atoms with Crippen LogP contribution < -0.4 is 10.6 Å². The highest BCUT2D eigenvalue weighted by Gasteiger charge is 2.65. The number of piperidine rings is 1. The number of likely N-dealkylation sites (tertiary alicyclic amines) is 1. The Morgan fingerprint density at radius 3 is 2.55 bits per heavy atom. The minimum Gasteiger partial charge on any atom is -0.377 e. The van der Waals surface area contributed by atoms with E-state index in [1.165, 1.54) is 32.1 Å². The third-order valence-corrected chi connectivity index (χ3v) is 7.68. The number of fused-ring (bicyclic) bond motifs is 2. The van der Waals surface area contributed by atoms with Crippen LogP contribution in [0.5, 0.6) is 0 Å². The molecule has 2 N–H and O–H groups in total. The predicted octanol–water partition coefficient (Wildman–Crippen LogP) is 1.44. The number of amides is 1. The number of hydrogen-bond acceptors (Lipinski definition) is 4. The largest absolute Gasteiger partial charge is 0.377 e. The maximum absolute atomic E-state index is 12.0. The third-order valence-electron chi connectivity index (χ3n) is 7.68. The Morgan fingerprint density at radius 2 is 1.90 bits per heavy atom. The number of aliphatic imine (C=N–C) groups is 1. The highest BCUT2D eigenvalue weighted by molar-refractivity contribution is 5.81. The summed E-state index contributed by atoms with van der Waals surface area (Å²) in [6.07, 6.45) is 9.02. The maximum Gasteiger partial charge on any atom is 0.236 e. The second kappa shape index (κ2) is 8.80. The Kier molecular flexibility index (Phi) is 6.35. The monoisotopic (exact) mass is 405 g/mol. The van der Waals surface area contributed by atoms with Crippen LogP contribution in [0.15, 0.2) is 4.99 Å². The van der Waals surface area contributed by atoms with E-state index >= 15 is 0 Å². The van der Waals surface area contributed by atoms with Gasteiger partial charge in [0, 0.05) is 63.8 Å². The number of hydrogen-bond donors (Lipinski definition) is 2. The van der Waals surface area contributed by atoms with Gasteiger partial charge in [-0.1, -0.05) is 12.8 Å². The van der Waals surface area contributed by atoms with Gasteiger partial charge in [-0.3, -0.25) is 14.7 Å². The van der Waals surface area contributed by atoms with Crippen LogP contribution >= 0.6 is 0 Å². The molecular formula is C22H39N5O2. The molecule has 0 aromatic rings. The van der Waals surface area contributed by atoms with Crippen molar-refractivity contribution < 1.29 is 9.53 Å². The van der Waals surface area contributed by atoms with Crippen molar-refractivity contribution in [1.82, 2.24) is 20.4 Å². The van der Waals surface area contributed by atoms with Crippen LogP contribution in [0.1, 0.15) is 51.9 Å². The van der Waals surface area contributed by atoms with Crippen molar-refractivity contribution >= 4 is 11.9 Å². The van der Waals surface area contributed by atoms with E-state index in [-0.39, 0.29) is 5.91 Å². The molecule has 0 aromatic carbocycles. The van der Waals surface area contributed by atoms with Gasteiger partial charge >= 0.3 is 0 Å². The average molecular weight is 406 g/mol. The first-order valence-corrected chi connectivity index (χ1v) is 11.6. The highest BCUT2D eigenvalue weighted by Crippen LogP contribution is 2.60. The van der Waals surface area contributed by atoms with E-state index in [2.05, 4.69) is 22.5 Å². The Labute approximate surface area is 175 Å². The molecule has 7 heteroatoms. The lowest BCUT2D eigenvalue weighted by atomic mass is 9.54. The van der Waals surface area contributed by atoms with Crippen molar-refractivity contribution in [3.63, 3.8) is 0 Å². The summed E-state index contributed by atoms with van der Waals surface area (Å²) in [4.78, 5) is 20.7. The zero-order chi connectivity index (χ0) is 20.4. The lowest BCUT2D eigenvalue weighted by Crippen LogP contribution is -2.69. The topological polar surface area (TPSA) is 69.2 Å². The summed E-state index contributed by atoms with van der Waals surface area (Å²) in [6, 6.07) is 0.932. The van der Waals surface area contributed by atoms with Crippen molar-refractivity contribution in [2.75, 3.05) is 46.9 Å². The van der Waals surface area contributed by atoms with Crippen molar-refractivity contribution in [3.05, 3.63) is 0 Å². The van der Waals surface area contributed by atoms with Gasteiger partial charge in [-0.25, -0.2) is 0 Å². The molecule has 0 aromatic heterocycles. The molecule has 2 aliphatic carbocycles. The molecule has 2 saturated heterocycles. The number of ether oxygens (including phenoxy) is 1. The lowest BCUT2D eigenvalue weighted by molar-refractivity contribution is -0.130. The Bertz CT molecular complexity index is 608. The molecule has 164 valence electrons. The molecule has 2 saturated carbocycles. The first kappa shape index (κ1) is 20.9. The van der Waals surface area contributed by atoms with Crippen molar-refractivity contribution in [2.24, 2.45) is 16.3 Å². The van der Waals surface area contributed by atoms with Crippen LogP contribution in [0, 0.1) is 11.3 Å². The fourth-order valence-electron chi connectivity index (χ4n) is 6.10. The normalized spacial score (nSPS) is 32.1. The molecule has 0 bridgehead atoms. The molecule has 29 heavy (non-hydrogen) atoms. The van der Waals surface area contributed by atoms with Crippen LogP contribution in [0.3, 0.4) is 0 Å². The number of nitrogens with zero attached hydrogens (tertiary/aromatic N) is 3. The van der Waals surface area contributed by atoms with Crippen molar-refractivity contribution in [3.8, 4) is 0 Å². The minimum absolute atomic E-state index is 0.187. The Morgan fingerprint density at radius 1 is 1.17 bits per heavy atom. The van der Waals surface area contributed by atoms with E-state index in [0.717, 1.165) is 45.0 Å². The maximum atomic E-state index is 12.0. The van der Waals surface area contributed by atoms with Crippen molar-refractivity contribution in [2.45, 2.75) is 70.1 Å². The summed E-state index contributed by atoms with van der Waals surface area (Å²) < 4.78 is 6.13. The van der Waals surface area contributed by atoms with Gasteiger partial charge in [0.15, 0.2) is 5.96 Å². The Hall–Kier alpha value is -1.34. The summed E-state index contributed by atoms with van der Waals surface area (Å²) in [5, 5.41) is 7.56. The van der Waals surface area contributed by atoms with Gasteiger partial charge in [0.05, 0.1) is 12.6 Å². The van der Waals surface area contributed by atoms with Gasteiger partial charge in [-0.15, -0.1) is 0 Å². The number of carbonyl (C=O) groups is 1. The second-order valence-corrected chi connectivity index (χ2v) is 9.61. The Balaban J connectivity index is 1.31. The summed E-state index contributed by atoms with van der Waals surface area (Å²) in [6.45, 7) is 6.27. The first-order valence-electron chi connectivity index (χ1n) is 11.6. The SMILES string of the molecule is CCN=C(NC1CCN(CC(=O)N(C)C)CC1)NC1C2CCOC2C12CCCC2. The molecular weight excluding hydrogens is 366 g/mol. The number of likely N-dealkylation sites (N-methyl/N-ethyl adjacent to an activating group) is 1. The lowest BCUT2D eigenvalue weighted by Gasteiger charge is -2.57. The molecule has 3 unspecified atom stereocenters. The number of nitrogens with one attached hydrogen (secondary N) is 2. The molecule has 4 rings (SSSR count). The molecule has 1 amide bonds. The number of rotatable bonds is 5. The minimum atomic E-state index is 0.187. The second-order valence-electron chi connectivity index (χ2n) is 9.61. The van der Waals surface area contributed by atoms with Crippen LogP contribution in [0.2, 0.25) is 0 Å². The molecule has 7 nitrogen and oxygen atoms in total. The van der Waals surface area contributed by atoms with Gasteiger partial charge in [0.2, 0.25) is 5.91 Å². The van der Waals surface area contributed by atoms with E-state index in [1.807, 2.05) is 14.1 Å². The molecule has 2 heterocycles. The zero-order valence-corrected chi connectivity index (χ0v) is 18.5. The quantitative estimate of drug-likeness (QED) is 0.535. The van der Waals surface area contributed by atoms with E-state index < -0.39 is 0 Å². The van der Waals surface area contributed by atoms with Crippen LogP contribution in [-0.4, -0.2) is 86.7 Å². The van der Waals surface area contributed by atoms with Gasteiger partial charge in [0.1, 0.15) is 0 Å². The van der Waals surface area contributed by atoms with E-state index in [1.54, 1.807) is 4.90 Å². The molecule has 2 aliphatic heterocycles. The smallest absolute Gasteiger partial charge is 0.236 e. The van der Waals surface area contributed by atoms with Gasteiger partial charge < -0.3 is 20.3 Å². The van der Waals surface area contributed by atoms with E-state index in [0.29, 0.717) is 36.1 Å². The molecule has 4 aliphatic rings. The van der Waals surface area contributed by atoms with Crippen molar-refractivity contribution in [1.29, 1.82) is 0 Å². The van der Waals surface area contributed by atoms with Crippen LogP contribution in [0.4, 0.5) is 0 Å². The molecule has 0 radical (unpaired) electrons. The fraction of sp³-hybridized carbons (Fsp3) is 0.909. The fourth-order valence-corrected chi connectivity index (χ4v) is 6.10. The first-order chi connectivity index (χ1) is 14.0. The third kappa shape index (κ3) is 4.13. The summed E-state index contributed by atoms with van der Waals surface area (Å²) in [7, 11) is 3.65. The molecule has 3 atom stereocenters. The van der Waals surface area contributed by atoms with Gasteiger partial charge in [0.25, 0.3) is 0 Å². The predicted molar refractivity (Wildman–Crippen MR) is 115 cm³/mol. The van der Waals surface area contributed by atoms with E-state index in [9.17, 15) is 4.79 Å². The average Bonchev–Trinajstić information content (AvgIpc) is 3.36. The number of guanidine groups is 1.